The van der Waals surface area contributed by atoms with Crippen LogP contribution in [0.1, 0.15) is 124 Å². The molecule has 0 heterocycles. The molecule has 23 heavy (non-hydrogen) atoms. The van der Waals surface area contributed by atoms with Gasteiger partial charge in [0.15, 0.2) is 0 Å². The molecule has 0 saturated carbocycles. The van der Waals surface area contributed by atoms with Crippen LogP contribution in [0.4, 0.5) is 0 Å². The lowest BCUT2D eigenvalue weighted by Gasteiger charge is -2.24. The van der Waals surface area contributed by atoms with E-state index in [1.807, 2.05) is 0 Å². The fraction of sp³-hybridized carbons (Fsp3) is 1.00. The summed E-state index contributed by atoms with van der Waals surface area (Å²) < 4.78 is 0. The maximum absolute atomic E-state index is 6.34. The zero-order valence-electron chi connectivity index (χ0n) is 16.8. The van der Waals surface area contributed by atoms with Crippen molar-refractivity contribution < 1.29 is 0 Å². The highest BCUT2D eigenvalue weighted by atomic mass is 35.5. The molecule has 1 unspecified atom stereocenters. The largest absolute Gasteiger partial charge is 0.344 e. The zero-order chi connectivity index (χ0) is 16.7. The summed E-state index contributed by atoms with van der Waals surface area (Å²) in [5.74, 6) is 0.631. The van der Waals surface area contributed by atoms with Gasteiger partial charge in [0.2, 0.25) is 0 Å². The zero-order valence-corrected chi connectivity index (χ0v) is 17.5. The molecule has 1 nitrogen and oxygen atoms in total. The monoisotopic (exact) mass is 347 g/mol. The number of alkyl halides is 1. The van der Waals surface area contributed by atoms with Crippen LogP contribution in [0, 0.1) is 5.92 Å². The third kappa shape index (κ3) is 18.4. The van der Waals surface area contributed by atoms with E-state index in [0.717, 1.165) is 0 Å². The van der Waals surface area contributed by atoms with Crippen LogP contribution < -0.4 is 6.15 Å². The van der Waals surface area contributed by atoms with Crippen molar-refractivity contribution in [1.29, 1.82) is 0 Å². The second kappa shape index (κ2) is 17.1. The molecule has 0 amide bonds. The number of halogens is 1. The highest BCUT2D eigenvalue weighted by molar-refractivity contribution is 6.23. The quantitative estimate of drug-likeness (QED) is 0.220. The molecule has 1 atom stereocenters. The van der Waals surface area contributed by atoms with Crippen molar-refractivity contribution >= 4 is 11.6 Å². The molecule has 0 aromatic heterocycles. The fourth-order valence-electron chi connectivity index (χ4n) is 2.99. The lowest BCUT2D eigenvalue weighted by atomic mass is 9.91. The molecular weight excluding hydrogens is 302 g/mol. The molecule has 0 spiro atoms. The molecule has 3 N–H and O–H groups in total. The average Bonchev–Trinajstić information content (AvgIpc) is 2.46. The van der Waals surface area contributed by atoms with Crippen LogP contribution in [-0.4, -0.2) is 4.87 Å². The lowest BCUT2D eigenvalue weighted by molar-refractivity contribution is 0.400. The molecule has 0 aromatic rings. The Bertz CT molecular complexity index is 222. The summed E-state index contributed by atoms with van der Waals surface area (Å²) in [5.41, 5.74) is 0. The number of rotatable bonds is 16. The Kier molecular flexibility index (Phi) is 18.9. The van der Waals surface area contributed by atoms with Crippen LogP contribution >= 0.6 is 11.6 Å². The average molecular weight is 348 g/mol. The highest BCUT2D eigenvalue weighted by Gasteiger charge is 2.21. The Morgan fingerprint density at radius 1 is 0.652 bits per heavy atom. The van der Waals surface area contributed by atoms with E-state index < -0.39 is 0 Å². The van der Waals surface area contributed by atoms with E-state index in [-0.39, 0.29) is 11.0 Å². The first-order valence-corrected chi connectivity index (χ1v) is 10.5. The van der Waals surface area contributed by atoms with Gasteiger partial charge in [-0.25, -0.2) is 0 Å². The minimum atomic E-state index is -0.0312. The number of hydrogen-bond acceptors (Lipinski definition) is 1. The molecule has 0 aliphatic carbocycles. The standard InChI is InChI=1S/C21H43Cl.H3N/c1-5-6-7-8-9-10-11-12-13-14-15-16-17-18-19-20(2)21(3,4)22;/h20H,5-19H2,1-4H3;1H3. The molecule has 0 aromatic carbocycles. The van der Waals surface area contributed by atoms with E-state index in [2.05, 4.69) is 27.7 Å². The van der Waals surface area contributed by atoms with Crippen molar-refractivity contribution in [3.63, 3.8) is 0 Å². The Balaban J connectivity index is 0. The third-order valence-corrected chi connectivity index (χ3v) is 5.54. The molecule has 0 radical (unpaired) electrons. The second-order valence-electron chi connectivity index (χ2n) is 7.85. The highest BCUT2D eigenvalue weighted by Crippen LogP contribution is 2.28. The van der Waals surface area contributed by atoms with E-state index >= 15 is 0 Å². The Morgan fingerprint density at radius 2 is 0.957 bits per heavy atom. The molecule has 0 aliphatic heterocycles. The van der Waals surface area contributed by atoms with E-state index in [0.29, 0.717) is 5.92 Å². The Morgan fingerprint density at radius 3 is 1.26 bits per heavy atom. The van der Waals surface area contributed by atoms with E-state index in [1.54, 1.807) is 0 Å². The van der Waals surface area contributed by atoms with Crippen molar-refractivity contribution in [2.24, 2.45) is 5.92 Å². The lowest BCUT2D eigenvalue weighted by Crippen LogP contribution is -2.21. The van der Waals surface area contributed by atoms with Crippen molar-refractivity contribution in [2.45, 2.75) is 129 Å². The normalized spacial score (nSPS) is 12.9. The summed E-state index contributed by atoms with van der Waals surface area (Å²) in [6, 6.07) is 0. The summed E-state index contributed by atoms with van der Waals surface area (Å²) in [6.45, 7) is 8.86. The van der Waals surface area contributed by atoms with Crippen LogP contribution in [0.15, 0.2) is 0 Å². The van der Waals surface area contributed by atoms with Crippen LogP contribution in [-0.2, 0) is 0 Å². The molecule has 142 valence electrons. The minimum Gasteiger partial charge on any atom is -0.344 e. The van der Waals surface area contributed by atoms with E-state index in [4.69, 9.17) is 11.6 Å². The molecule has 0 rings (SSSR count). The maximum atomic E-state index is 6.34. The van der Waals surface area contributed by atoms with Crippen molar-refractivity contribution in [1.82, 2.24) is 6.15 Å². The first kappa shape index (κ1) is 25.5. The van der Waals surface area contributed by atoms with Gasteiger partial charge >= 0.3 is 0 Å². The topological polar surface area (TPSA) is 35.0 Å². The van der Waals surface area contributed by atoms with Crippen molar-refractivity contribution in [3.8, 4) is 0 Å². The van der Waals surface area contributed by atoms with Gasteiger partial charge in [-0.1, -0.05) is 104 Å². The SMILES string of the molecule is CCCCCCCCCCCCCCCCC(C)C(C)(C)Cl.N. The molecule has 2 heteroatoms. The van der Waals surface area contributed by atoms with Gasteiger partial charge in [0.25, 0.3) is 0 Å². The van der Waals surface area contributed by atoms with E-state index in [9.17, 15) is 0 Å². The van der Waals surface area contributed by atoms with Crippen LogP contribution in [0.2, 0.25) is 0 Å². The molecule has 0 bridgehead atoms. The predicted octanol–water partition coefficient (Wildman–Crippen LogP) is 8.67. The summed E-state index contributed by atoms with van der Waals surface area (Å²) in [5, 5.41) is 0. The van der Waals surface area contributed by atoms with Crippen LogP contribution in [0.25, 0.3) is 0 Å². The molecule has 0 saturated heterocycles. The van der Waals surface area contributed by atoms with Gasteiger partial charge in [-0.2, -0.15) is 0 Å². The second-order valence-corrected chi connectivity index (χ2v) is 8.82. The van der Waals surface area contributed by atoms with Gasteiger partial charge < -0.3 is 6.15 Å². The number of hydrogen-bond donors (Lipinski definition) is 1. The van der Waals surface area contributed by atoms with Crippen molar-refractivity contribution in [2.75, 3.05) is 0 Å². The third-order valence-electron chi connectivity index (χ3n) is 5.16. The summed E-state index contributed by atoms with van der Waals surface area (Å²) >= 11 is 6.34. The van der Waals surface area contributed by atoms with Gasteiger partial charge in [0, 0.05) is 4.87 Å². The first-order chi connectivity index (χ1) is 10.5. The van der Waals surface area contributed by atoms with Gasteiger partial charge in [-0.3, -0.25) is 0 Å². The van der Waals surface area contributed by atoms with Crippen molar-refractivity contribution in [3.05, 3.63) is 0 Å². The van der Waals surface area contributed by atoms with E-state index in [1.165, 1.54) is 96.3 Å². The maximum Gasteiger partial charge on any atom is 0.0416 e. The predicted molar refractivity (Wildman–Crippen MR) is 109 cm³/mol. The van der Waals surface area contributed by atoms with Crippen LogP contribution in [0.3, 0.4) is 0 Å². The van der Waals surface area contributed by atoms with Gasteiger partial charge in [-0.05, 0) is 26.2 Å². The summed E-state index contributed by atoms with van der Waals surface area (Å²) in [4.78, 5) is -0.0312. The Labute approximate surface area is 152 Å². The number of unbranched alkanes of at least 4 members (excludes halogenated alkanes) is 13. The molecule has 0 fully saturated rings. The molecular formula is C21H46ClN. The van der Waals surface area contributed by atoms with Gasteiger partial charge in [-0.15, -0.1) is 11.6 Å². The summed E-state index contributed by atoms with van der Waals surface area (Å²) in [6.07, 6.45) is 21.4. The van der Waals surface area contributed by atoms with Gasteiger partial charge in [0.05, 0.1) is 0 Å². The van der Waals surface area contributed by atoms with Gasteiger partial charge in [0.1, 0.15) is 0 Å². The summed E-state index contributed by atoms with van der Waals surface area (Å²) in [7, 11) is 0. The smallest absolute Gasteiger partial charge is 0.0416 e. The van der Waals surface area contributed by atoms with Crippen LogP contribution in [0.5, 0.6) is 0 Å². The minimum absolute atomic E-state index is 0. The Hall–Kier alpha value is 0.250. The fourth-order valence-corrected chi connectivity index (χ4v) is 3.10. The first-order valence-electron chi connectivity index (χ1n) is 10.2. The molecule has 0 aliphatic rings.